The van der Waals surface area contributed by atoms with Crippen LogP contribution in [0.2, 0.25) is 0 Å². The summed E-state index contributed by atoms with van der Waals surface area (Å²) in [5, 5.41) is 11.1. The molecule has 1 aromatic heterocycles. The van der Waals surface area contributed by atoms with Gasteiger partial charge in [0.25, 0.3) is 0 Å². The highest BCUT2D eigenvalue weighted by molar-refractivity contribution is 7.46. The van der Waals surface area contributed by atoms with Gasteiger partial charge in [0, 0.05) is 18.5 Å². The quantitative estimate of drug-likeness (QED) is 0.0791. The number of ether oxygens (including phenoxy) is 4. The van der Waals surface area contributed by atoms with Crippen LogP contribution in [0.1, 0.15) is 67.8 Å². The van der Waals surface area contributed by atoms with Gasteiger partial charge in [-0.05, 0) is 55.6 Å². The van der Waals surface area contributed by atoms with E-state index in [4.69, 9.17) is 29.2 Å². The van der Waals surface area contributed by atoms with Crippen LogP contribution in [-0.4, -0.2) is 75.7 Å². The maximum atomic E-state index is 13.0. The molecule has 0 amide bonds. The molecule has 3 rings (SSSR count). The summed E-state index contributed by atoms with van der Waals surface area (Å²) in [5.41, 5.74) is 6.57. The molecule has 14 heteroatoms. The molecule has 0 radical (unpaired) electrons. The highest BCUT2D eigenvalue weighted by atomic mass is 31.2. The van der Waals surface area contributed by atoms with Crippen LogP contribution in [0.3, 0.4) is 0 Å². The first-order valence-electron chi connectivity index (χ1n) is 15.1. The number of allylic oxidation sites excluding steroid dienone is 1. The van der Waals surface area contributed by atoms with E-state index in [9.17, 15) is 29.0 Å². The Morgan fingerprint density at radius 1 is 1.07 bits per heavy atom. The second kappa shape index (κ2) is 18.7. The van der Waals surface area contributed by atoms with E-state index >= 15 is 0 Å². The van der Waals surface area contributed by atoms with E-state index in [1.807, 2.05) is 0 Å². The number of phosphoric acid groups is 1. The Morgan fingerprint density at radius 2 is 1.80 bits per heavy atom. The van der Waals surface area contributed by atoms with Crippen molar-refractivity contribution in [1.29, 1.82) is 0 Å². The Morgan fingerprint density at radius 3 is 2.47 bits per heavy atom. The Kier molecular flexibility index (Phi) is 15.1. The number of esters is 2. The zero-order valence-corrected chi connectivity index (χ0v) is 26.2. The van der Waals surface area contributed by atoms with Crippen molar-refractivity contribution in [3.05, 3.63) is 72.1 Å². The number of aliphatic hydroxyl groups excluding tert-OH is 1. The number of hydrogen-bond acceptors (Lipinski definition) is 11. The van der Waals surface area contributed by atoms with Crippen LogP contribution in [0.4, 0.5) is 0 Å². The number of hydrogen-bond donors (Lipinski definition) is 4. The third-order valence-corrected chi connectivity index (χ3v) is 7.51. The average Bonchev–Trinajstić information content (AvgIpc) is 3.01. The van der Waals surface area contributed by atoms with Gasteiger partial charge >= 0.3 is 19.8 Å². The molecule has 1 aliphatic rings. The van der Waals surface area contributed by atoms with Gasteiger partial charge in [-0.2, -0.15) is 0 Å². The van der Waals surface area contributed by atoms with E-state index in [0.717, 1.165) is 24.8 Å². The number of rotatable bonds is 18. The SMILES string of the molecule is CCCCCCCC/C=C/C(=O)OC[C@H]1O[C@@H](Oc2ccc(CCN)cc2)[C@H](OC(=O)c2cccnc2)[C@@H](OP(=O)(O)O)[C@@H]1O. The number of carbonyl (C=O) groups excluding carboxylic acids is 2. The molecule has 0 unspecified atom stereocenters. The van der Waals surface area contributed by atoms with Crippen LogP contribution in [-0.2, 0) is 34.5 Å². The van der Waals surface area contributed by atoms with Crippen molar-refractivity contribution >= 4 is 19.8 Å². The molecule has 13 nitrogen and oxygen atoms in total. The van der Waals surface area contributed by atoms with Crippen LogP contribution >= 0.6 is 7.82 Å². The maximum absolute atomic E-state index is 13.0. The molecular formula is C31H43N2O11P. The Labute approximate surface area is 262 Å². The Hall–Kier alpha value is -3.16. The number of pyridine rings is 1. The number of nitrogens with two attached hydrogens (primary N) is 1. The van der Waals surface area contributed by atoms with Crippen LogP contribution in [0.15, 0.2) is 60.9 Å². The summed E-state index contributed by atoms with van der Waals surface area (Å²) in [7, 11) is -5.25. The predicted molar refractivity (Wildman–Crippen MR) is 163 cm³/mol. The summed E-state index contributed by atoms with van der Waals surface area (Å²) in [6.07, 6.45) is 5.45. The summed E-state index contributed by atoms with van der Waals surface area (Å²) < 4.78 is 39.5. The number of benzene rings is 1. The van der Waals surface area contributed by atoms with E-state index in [1.54, 1.807) is 30.3 Å². The fraction of sp³-hybridized carbons (Fsp3) is 0.516. The summed E-state index contributed by atoms with van der Waals surface area (Å²) in [6, 6.07) is 9.66. The van der Waals surface area contributed by atoms with Crippen molar-refractivity contribution in [2.24, 2.45) is 5.73 Å². The molecule has 5 N–H and O–H groups in total. The lowest BCUT2D eigenvalue weighted by molar-refractivity contribution is -0.274. The highest BCUT2D eigenvalue weighted by Gasteiger charge is 2.52. The third kappa shape index (κ3) is 12.6. The minimum Gasteiger partial charge on any atom is -0.461 e. The normalized spacial score (nSPS) is 21.8. The molecule has 0 bridgehead atoms. The van der Waals surface area contributed by atoms with Crippen molar-refractivity contribution in [1.82, 2.24) is 4.98 Å². The zero-order chi connectivity index (χ0) is 32.7. The summed E-state index contributed by atoms with van der Waals surface area (Å²) in [4.78, 5) is 48.5. The van der Waals surface area contributed by atoms with Gasteiger partial charge in [0.15, 0.2) is 6.10 Å². The van der Waals surface area contributed by atoms with Gasteiger partial charge in [0.1, 0.15) is 30.7 Å². The van der Waals surface area contributed by atoms with Crippen LogP contribution in [0, 0.1) is 0 Å². The molecule has 5 atom stereocenters. The van der Waals surface area contributed by atoms with Crippen LogP contribution < -0.4 is 10.5 Å². The first-order chi connectivity index (χ1) is 21.6. The molecule has 2 heterocycles. The Bertz CT molecular complexity index is 1260. The van der Waals surface area contributed by atoms with E-state index in [-0.39, 0.29) is 11.3 Å². The number of phosphoric ester groups is 1. The molecule has 1 saturated heterocycles. The van der Waals surface area contributed by atoms with Crippen LogP contribution in [0.25, 0.3) is 0 Å². The lowest BCUT2D eigenvalue weighted by Gasteiger charge is -2.43. The van der Waals surface area contributed by atoms with Crippen molar-refractivity contribution < 1.29 is 52.5 Å². The van der Waals surface area contributed by atoms with Gasteiger partial charge in [-0.1, -0.05) is 57.2 Å². The zero-order valence-electron chi connectivity index (χ0n) is 25.3. The average molecular weight is 651 g/mol. The molecule has 2 aromatic rings. The lowest BCUT2D eigenvalue weighted by atomic mass is 9.99. The number of aliphatic hydroxyl groups is 1. The first-order valence-corrected chi connectivity index (χ1v) is 16.6. The minimum absolute atomic E-state index is 0.0237. The molecular weight excluding hydrogens is 607 g/mol. The number of nitrogens with zero attached hydrogens (tertiary/aromatic N) is 1. The van der Waals surface area contributed by atoms with Gasteiger partial charge in [-0.15, -0.1) is 0 Å². The van der Waals surface area contributed by atoms with Gasteiger partial charge in [0.2, 0.25) is 6.29 Å². The summed E-state index contributed by atoms with van der Waals surface area (Å²) in [5.74, 6) is -1.37. The molecule has 45 heavy (non-hydrogen) atoms. The van der Waals surface area contributed by atoms with Gasteiger partial charge in [-0.3, -0.25) is 9.51 Å². The van der Waals surface area contributed by atoms with Crippen molar-refractivity contribution in [2.75, 3.05) is 13.2 Å². The van der Waals surface area contributed by atoms with Gasteiger partial charge in [-0.25, -0.2) is 14.2 Å². The molecule has 248 valence electrons. The number of aromatic nitrogens is 1. The first kappa shape index (κ1) is 36.3. The highest BCUT2D eigenvalue weighted by Crippen LogP contribution is 2.42. The topological polar surface area (TPSA) is 197 Å². The smallest absolute Gasteiger partial charge is 0.461 e. The van der Waals surface area contributed by atoms with E-state index < -0.39 is 57.1 Å². The summed E-state index contributed by atoms with van der Waals surface area (Å²) in [6.45, 7) is 2.08. The third-order valence-electron chi connectivity index (χ3n) is 6.99. The fourth-order valence-electron chi connectivity index (χ4n) is 4.67. The molecule has 1 aliphatic heterocycles. The van der Waals surface area contributed by atoms with Gasteiger partial charge in [0.05, 0.1) is 5.56 Å². The largest absolute Gasteiger partial charge is 0.470 e. The van der Waals surface area contributed by atoms with E-state index in [1.165, 1.54) is 49.9 Å². The summed E-state index contributed by atoms with van der Waals surface area (Å²) >= 11 is 0. The van der Waals surface area contributed by atoms with Gasteiger partial charge < -0.3 is 39.6 Å². The van der Waals surface area contributed by atoms with E-state index in [0.29, 0.717) is 19.4 Å². The second-order valence-electron chi connectivity index (χ2n) is 10.6. The van der Waals surface area contributed by atoms with Crippen LogP contribution in [0.5, 0.6) is 5.75 Å². The minimum atomic E-state index is -5.25. The standard InChI is InChI=1S/C31H43N2O11P/c1-2-3-4-5-6-7-8-9-12-26(34)40-21-25-27(35)28(44-45(37,38)39)29(43-30(36)23-11-10-19-33-20-23)31(42-25)41-24-15-13-22(14-16-24)17-18-32/h9-16,19-20,25,27-29,31,35H,2-8,17-18,21,32H2,1H3,(H2,37,38,39)/b12-9+/t25-,27-,28+,29-,31-/m1/s1. The van der Waals surface area contributed by atoms with E-state index in [2.05, 4.69) is 11.9 Å². The molecule has 0 aliphatic carbocycles. The Balaban J connectivity index is 1.76. The molecule has 1 fully saturated rings. The lowest BCUT2D eigenvalue weighted by Crippen LogP contribution is -2.62. The monoisotopic (exact) mass is 650 g/mol. The number of carbonyl (C=O) groups is 2. The molecule has 1 aromatic carbocycles. The predicted octanol–water partition coefficient (Wildman–Crippen LogP) is 3.60. The van der Waals surface area contributed by atoms with Crippen molar-refractivity contribution in [3.8, 4) is 5.75 Å². The van der Waals surface area contributed by atoms with Crippen molar-refractivity contribution in [3.63, 3.8) is 0 Å². The second-order valence-corrected chi connectivity index (χ2v) is 11.8. The number of unbranched alkanes of at least 4 members (excludes halogenated alkanes) is 6. The fourth-order valence-corrected chi connectivity index (χ4v) is 5.23. The van der Waals surface area contributed by atoms with Crippen molar-refractivity contribution in [2.45, 2.75) is 89.0 Å². The maximum Gasteiger partial charge on any atom is 0.470 e. The molecule has 0 spiro atoms. The molecule has 0 saturated carbocycles.